The highest BCUT2D eigenvalue weighted by Crippen LogP contribution is 2.14. The minimum absolute atomic E-state index is 0.238. The molecule has 0 bridgehead atoms. The Morgan fingerprint density at radius 1 is 1.63 bits per heavy atom. The number of likely N-dealkylation sites (tertiary alicyclic amines) is 1. The van der Waals surface area contributed by atoms with E-state index in [2.05, 4.69) is 27.6 Å². The monoisotopic (exact) mass is 266 g/mol. The van der Waals surface area contributed by atoms with Crippen molar-refractivity contribution in [3.63, 3.8) is 0 Å². The predicted molar refractivity (Wildman–Crippen MR) is 73.1 cm³/mol. The number of amides is 2. The zero-order chi connectivity index (χ0) is 13.7. The number of anilines is 1. The first kappa shape index (κ1) is 13.9. The molecule has 2 amide bonds. The van der Waals surface area contributed by atoms with Gasteiger partial charge in [-0.3, -0.25) is 5.32 Å². The van der Waals surface area contributed by atoms with Gasteiger partial charge in [-0.15, -0.1) is 0 Å². The molecule has 19 heavy (non-hydrogen) atoms. The number of rotatable bonds is 4. The van der Waals surface area contributed by atoms with Crippen molar-refractivity contribution >= 4 is 11.8 Å². The molecule has 1 fully saturated rings. The third kappa shape index (κ3) is 4.55. The van der Waals surface area contributed by atoms with Gasteiger partial charge in [0.2, 0.25) is 0 Å². The van der Waals surface area contributed by atoms with Gasteiger partial charge in [-0.1, -0.05) is 12.1 Å². The summed E-state index contributed by atoms with van der Waals surface area (Å²) in [6.07, 6.45) is 2.57. The van der Waals surface area contributed by atoms with Crippen molar-refractivity contribution in [2.75, 3.05) is 31.5 Å². The maximum absolute atomic E-state index is 11.6. The van der Waals surface area contributed by atoms with E-state index in [1.165, 1.54) is 12.8 Å². The number of carbonyl (C=O) groups excluding carboxylic acids is 1. The summed E-state index contributed by atoms with van der Waals surface area (Å²) in [6, 6.07) is 1.45. The maximum atomic E-state index is 11.6. The number of aryl methyl sites for hydroxylation is 1. The third-order valence-corrected chi connectivity index (χ3v) is 3.32. The molecule has 6 nitrogen and oxygen atoms in total. The van der Waals surface area contributed by atoms with Gasteiger partial charge in [0.15, 0.2) is 5.82 Å². The maximum Gasteiger partial charge on any atom is 0.320 e. The molecule has 1 saturated heterocycles. The number of nitrogens with zero attached hydrogens (tertiary/aromatic N) is 2. The van der Waals surface area contributed by atoms with Gasteiger partial charge in [0.1, 0.15) is 5.76 Å². The van der Waals surface area contributed by atoms with E-state index in [1.807, 2.05) is 0 Å². The van der Waals surface area contributed by atoms with Crippen LogP contribution in [-0.4, -0.2) is 42.3 Å². The average molecular weight is 266 g/mol. The zero-order valence-electron chi connectivity index (χ0n) is 11.6. The summed E-state index contributed by atoms with van der Waals surface area (Å²) in [4.78, 5) is 14.0. The Kier molecular flexibility index (Phi) is 4.79. The van der Waals surface area contributed by atoms with Crippen LogP contribution in [0.25, 0.3) is 0 Å². The summed E-state index contributed by atoms with van der Waals surface area (Å²) in [5, 5.41) is 9.17. The van der Waals surface area contributed by atoms with E-state index < -0.39 is 0 Å². The fraction of sp³-hybridized carbons (Fsp3) is 0.692. The lowest BCUT2D eigenvalue weighted by molar-refractivity contribution is 0.184. The number of carbonyl (C=O) groups is 1. The topological polar surface area (TPSA) is 70.4 Å². The Balaban J connectivity index is 1.63. The van der Waals surface area contributed by atoms with E-state index in [1.54, 1.807) is 13.0 Å². The highest BCUT2D eigenvalue weighted by atomic mass is 16.5. The zero-order valence-corrected chi connectivity index (χ0v) is 11.6. The van der Waals surface area contributed by atoms with Gasteiger partial charge in [-0.25, -0.2) is 4.79 Å². The normalized spacial score (nSPS) is 20.2. The van der Waals surface area contributed by atoms with Gasteiger partial charge in [-0.05, 0) is 32.2 Å². The lowest BCUT2D eigenvalue weighted by Crippen LogP contribution is -2.41. The molecule has 1 aliphatic heterocycles. The van der Waals surface area contributed by atoms with Gasteiger partial charge in [-0.2, -0.15) is 0 Å². The van der Waals surface area contributed by atoms with E-state index in [0.717, 1.165) is 25.6 Å². The molecule has 6 heteroatoms. The summed E-state index contributed by atoms with van der Waals surface area (Å²) in [5.41, 5.74) is 0. The van der Waals surface area contributed by atoms with Crippen LogP contribution in [0.3, 0.4) is 0 Å². The first-order valence-electron chi connectivity index (χ1n) is 6.84. The van der Waals surface area contributed by atoms with Crippen LogP contribution >= 0.6 is 0 Å². The van der Waals surface area contributed by atoms with Gasteiger partial charge in [0.05, 0.1) is 0 Å². The second-order valence-electron chi connectivity index (χ2n) is 5.25. The molecule has 0 aromatic carbocycles. The first-order chi connectivity index (χ1) is 9.13. The molecule has 106 valence electrons. The summed E-state index contributed by atoms with van der Waals surface area (Å²) in [5.74, 6) is 1.89. The van der Waals surface area contributed by atoms with Crippen LogP contribution in [-0.2, 0) is 0 Å². The molecular weight excluding hydrogens is 244 g/mol. The number of piperidine rings is 1. The summed E-state index contributed by atoms with van der Waals surface area (Å²) < 4.78 is 4.88. The molecule has 1 aliphatic rings. The van der Waals surface area contributed by atoms with Crippen molar-refractivity contribution in [1.82, 2.24) is 15.4 Å². The molecule has 2 heterocycles. The van der Waals surface area contributed by atoms with Gasteiger partial charge >= 0.3 is 6.03 Å². The molecule has 0 radical (unpaired) electrons. The van der Waals surface area contributed by atoms with E-state index in [9.17, 15) is 4.79 Å². The Morgan fingerprint density at radius 3 is 3.16 bits per heavy atom. The standard InChI is InChI=1S/C13H22N4O2/c1-10-4-3-6-17(9-10)7-5-14-13(18)15-12-8-11(2)19-16-12/h8,10H,3-7,9H2,1-2H3,(H2,14,15,16,18)/t10-/m1/s1. The number of urea groups is 1. The predicted octanol–water partition coefficient (Wildman–Crippen LogP) is 1.84. The van der Waals surface area contributed by atoms with E-state index >= 15 is 0 Å². The quantitative estimate of drug-likeness (QED) is 0.872. The summed E-state index contributed by atoms with van der Waals surface area (Å²) in [7, 11) is 0. The minimum atomic E-state index is -0.238. The average Bonchev–Trinajstić information content (AvgIpc) is 2.75. The molecule has 0 saturated carbocycles. The van der Waals surface area contributed by atoms with Crippen molar-refractivity contribution in [2.24, 2.45) is 5.92 Å². The number of hydrogen-bond donors (Lipinski definition) is 2. The van der Waals surface area contributed by atoms with Gasteiger partial charge in [0.25, 0.3) is 0 Å². The molecule has 0 aliphatic carbocycles. The SMILES string of the molecule is Cc1cc(NC(=O)NCCN2CCC[C@@H](C)C2)no1. The number of hydrogen-bond acceptors (Lipinski definition) is 4. The second-order valence-corrected chi connectivity index (χ2v) is 5.25. The van der Waals surface area contributed by atoms with Crippen molar-refractivity contribution in [1.29, 1.82) is 0 Å². The molecule has 2 N–H and O–H groups in total. The van der Waals surface area contributed by atoms with Crippen molar-refractivity contribution in [3.8, 4) is 0 Å². The van der Waals surface area contributed by atoms with Crippen LogP contribution in [0.5, 0.6) is 0 Å². The number of aromatic nitrogens is 1. The van der Waals surface area contributed by atoms with Crippen molar-refractivity contribution in [2.45, 2.75) is 26.7 Å². The van der Waals surface area contributed by atoms with Crippen molar-refractivity contribution < 1.29 is 9.32 Å². The molecule has 0 spiro atoms. The van der Waals surface area contributed by atoms with Crippen LogP contribution < -0.4 is 10.6 Å². The second kappa shape index (κ2) is 6.56. The number of nitrogens with one attached hydrogen (secondary N) is 2. The molecule has 2 rings (SSSR count). The fourth-order valence-corrected chi connectivity index (χ4v) is 2.40. The molecule has 0 unspecified atom stereocenters. The Labute approximate surface area is 113 Å². The third-order valence-electron chi connectivity index (χ3n) is 3.32. The van der Waals surface area contributed by atoms with Crippen LogP contribution in [0.2, 0.25) is 0 Å². The fourth-order valence-electron chi connectivity index (χ4n) is 2.40. The molecule has 1 aromatic heterocycles. The van der Waals surface area contributed by atoms with Crippen LogP contribution in [0, 0.1) is 12.8 Å². The summed E-state index contributed by atoms with van der Waals surface area (Å²) in [6.45, 7) is 7.87. The molecule has 1 aromatic rings. The van der Waals surface area contributed by atoms with Crippen LogP contribution in [0.1, 0.15) is 25.5 Å². The lowest BCUT2D eigenvalue weighted by Gasteiger charge is -2.30. The molecule has 1 atom stereocenters. The largest absolute Gasteiger partial charge is 0.360 e. The lowest BCUT2D eigenvalue weighted by atomic mass is 10.0. The highest BCUT2D eigenvalue weighted by molar-refractivity contribution is 5.88. The Hall–Kier alpha value is -1.56. The Morgan fingerprint density at radius 2 is 2.47 bits per heavy atom. The van der Waals surface area contributed by atoms with Crippen LogP contribution in [0.15, 0.2) is 10.6 Å². The van der Waals surface area contributed by atoms with E-state index in [-0.39, 0.29) is 6.03 Å². The van der Waals surface area contributed by atoms with Crippen molar-refractivity contribution in [3.05, 3.63) is 11.8 Å². The van der Waals surface area contributed by atoms with E-state index in [0.29, 0.717) is 18.1 Å². The smallest absolute Gasteiger partial charge is 0.320 e. The first-order valence-corrected chi connectivity index (χ1v) is 6.84. The minimum Gasteiger partial charge on any atom is -0.360 e. The van der Waals surface area contributed by atoms with Gasteiger partial charge < -0.3 is 14.7 Å². The van der Waals surface area contributed by atoms with E-state index in [4.69, 9.17) is 4.52 Å². The highest BCUT2D eigenvalue weighted by Gasteiger charge is 2.15. The van der Waals surface area contributed by atoms with Gasteiger partial charge in [0, 0.05) is 25.7 Å². The Bertz CT molecular complexity index is 419. The van der Waals surface area contributed by atoms with Crippen LogP contribution in [0.4, 0.5) is 10.6 Å². The summed E-state index contributed by atoms with van der Waals surface area (Å²) >= 11 is 0. The molecular formula is C13H22N4O2.